The summed E-state index contributed by atoms with van der Waals surface area (Å²) in [5.41, 5.74) is 0. The first-order valence-corrected chi connectivity index (χ1v) is 7.41. The van der Waals surface area contributed by atoms with Gasteiger partial charge < -0.3 is 5.32 Å². The van der Waals surface area contributed by atoms with Crippen LogP contribution in [0.1, 0.15) is 60.2 Å². The van der Waals surface area contributed by atoms with E-state index in [1.165, 1.54) is 50.1 Å². The first-order valence-electron chi connectivity index (χ1n) is 6.60. The van der Waals surface area contributed by atoms with Crippen molar-refractivity contribution in [1.82, 2.24) is 10.3 Å². The fourth-order valence-electron chi connectivity index (χ4n) is 2.93. The van der Waals surface area contributed by atoms with E-state index < -0.39 is 0 Å². The van der Waals surface area contributed by atoms with Gasteiger partial charge >= 0.3 is 0 Å². The Hall–Kier alpha value is -0.410. The third kappa shape index (κ3) is 2.16. The number of hydrogen-bond donors (Lipinski definition) is 1. The second kappa shape index (κ2) is 4.84. The molecule has 16 heavy (non-hydrogen) atoms. The maximum Gasteiger partial charge on any atom is 0.0971 e. The van der Waals surface area contributed by atoms with E-state index in [0.29, 0.717) is 5.92 Å². The van der Waals surface area contributed by atoms with Crippen LogP contribution in [0.15, 0.2) is 6.20 Å². The van der Waals surface area contributed by atoms with E-state index in [1.807, 2.05) is 11.3 Å². The number of hydrogen-bond acceptors (Lipinski definition) is 3. The Labute approximate surface area is 101 Å². The van der Waals surface area contributed by atoms with Crippen molar-refractivity contribution in [2.75, 3.05) is 13.1 Å². The van der Waals surface area contributed by atoms with Crippen LogP contribution in [-0.4, -0.2) is 18.1 Å². The Kier molecular flexibility index (Phi) is 3.25. The minimum absolute atomic E-state index is 0.697. The molecule has 1 N–H and O–H groups in total. The normalized spacial score (nSPS) is 27.4. The van der Waals surface area contributed by atoms with Crippen LogP contribution in [-0.2, 0) is 0 Å². The van der Waals surface area contributed by atoms with Crippen molar-refractivity contribution < 1.29 is 0 Å². The Morgan fingerprint density at radius 1 is 1.12 bits per heavy atom. The van der Waals surface area contributed by atoms with Gasteiger partial charge in [0.25, 0.3) is 0 Å². The molecule has 1 unspecified atom stereocenters. The Balaban J connectivity index is 1.71. The van der Waals surface area contributed by atoms with Gasteiger partial charge in [-0.05, 0) is 31.7 Å². The summed E-state index contributed by atoms with van der Waals surface area (Å²) in [4.78, 5) is 6.21. The highest BCUT2D eigenvalue weighted by Crippen LogP contribution is 2.37. The first-order chi connectivity index (χ1) is 7.93. The van der Waals surface area contributed by atoms with E-state index in [1.54, 1.807) is 4.88 Å². The van der Waals surface area contributed by atoms with Gasteiger partial charge in [-0.25, -0.2) is 4.98 Å². The van der Waals surface area contributed by atoms with Gasteiger partial charge in [-0.3, -0.25) is 0 Å². The highest BCUT2D eigenvalue weighted by Gasteiger charge is 2.23. The molecule has 0 bridgehead atoms. The third-order valence-electron chi connectivity index (χ3n) is 3.96. The topological polar surface area (TPSA) is 24.9 Å². The van der Waals surface area contributed by atoms with Gasteiger partial charge in [0.1, 0.15) is 0 Å². The smallest absolute Gasteiger partial charge is 0.0971 e. The molecule has 0 amide bonds. The van der Waals surface area contributed by atoms with Gasteiger partial charge in [0.05, 0.1) is 5.01 Å². The molecule has 1 aromatic rings. The SMILES string of the molecule is c1nc(C2CCNC2)sc1C1CCCCC1. The lowest BCUT2D eigenvalue weighted by atomic mass is 9.89. The fraction of sp³-hybridized carbons (Fsp3) is 0.769. The number of nitrogens with zero attached hydrogens (tertiary/aromatic N) is 1. The standard InChI is InChI=1S/C13H20N2S/c1-2-4-10(5-3-1)12-9-15-13(16-12)11-6-7-14-8-11/h9-11,14H,1-8H2. The van der Waals surface area contributed by atoms with Crippen LogP contribution in [0.3, 0.4) is 0 Å². The largest absolute Gasteiger partial charge is 0.316 e. The average Bonchev–Trinajstić information content (AvgIpc) is 3.01. The summed E-state index contributed by atoms with van der Waals surface area (Å²) in [5.74, 6) is 1.52. The zero-order chi connectivity index (χ0) is 10.8. The molecule has 3 heteroatoms. The summed E-state index contributed by atoms with van der Waals surface area (Å²) in [6, 6.07) is 0. The molecule has 1 aromatic heterocycles. The number of aromatic nitrogens is 1. The summed E-state index contributed by atoms with van der Waals surface area (Å²) in [6.07, 6.45) is 10.5. The number of nitrogens with one attached hydrogen (secondary N) is 1. The van der Waals surface area contributed by atoms with E-state index in [4.69, 9.17) is 0 Å². The van der Waals surface area contributed by atoms with Crippen LogP contribution in [0.25, 0.3) is 0 Å². The molecule has 3 rings (SSSR count). The summed E-state index contributed by atoms with van der Waals surface area (Å²) in [5, 5.41) is 4.81. The van der Waals surface area contributed by atoms with Crippen molar-refractivity contribution >= 4 is 11.3 Å². The van der Waals surface area contributed by atoms with Crippen molar-refractivity contribution in [3.8, 4) is 0 Å². The van der Waals surface area contributed by atoms with E-state index in [2.05, 4.69) is 16.5 Å². The summed E-state index contributed by atoms with van der Waals surface area (Å²) >= 11 is 1.99. The van der Waals surface area contributed by atoms with Crippen molar-refractivity contribution in [1.29, 1.82) is 0 Å². The van der Waals surface area contributed by atoms with Gasteiger partial charge in [-0.15, -0.1) is 11.3 Å². The molecular weight excluding hydrogens is 216 g/mol. The maximum absolute atomic E-state index is 4.65. The fourth-order valence-corrected chi connectivity index (χ4v) is 4.15. The van der Waals surface area contributed by atoms with Crippen LogP contribution < -0.4 is 5.32 Å². The molecule has 2 fully saturated rings. The lowest BCUT2D eigenvalue weighted by molar-refractivity contribution is 0.448. The van der Waals surface area contributed by atoms with E-state index in [9.17, 15) is 0 Å². The molecule has 88 valence electrons. The molecule has 0 radical (unpaired) electrons. The average molecular weight is 236 g/mol. The molecule has 1 saturated heterocycles. The predicted molar refractivity (Wildman–Crippen MR) is 68.2 cm³/mol. The van der Waals surface area contributed by atoms with Crippen molar-refractivity contribution in [2.45, 2.75) is 50.4 Å². The second-order valence-corrected chi connectivity index (χ2v) is 6.22. The van der Waals surface area contributed by atoms with Gasteiger partial charge in [-0.1, -0.05) is 19.3 Å². The highest BCUT2D eigenvalue weighted by atomic mass is 32.1. The third-order valence-corrected chi connectivity index (χ3v) is 5.28. The van der Waals surface area contributed by atoms with Crippen LogP contribution >= 0.6 is 11.3 Å². The van der Waals surface area contributed by atoms with Crippen LogP contribution in [0, 0.1) is 0 Å². The van der Waals surface area contributed by atoms with Crippen molar-refractivity contribution in [3.63, 3.8) is 0 Å². The monoisotopic (exact) mass is 236 g/mol. The maximum atomic E-state index is 4.65. The highest BCUT2D eigenvalue weighted by molar-refractivity contribution is 7.11. The second-order valence-electron chi connectivity index (χ2n) is 5.13. The van der Waals surface area contributed by atoms with E-state index in [0.717, 1.165) is 12.5 Å². The van der Waals surface area contributed by atoms with Gasteiger partial charge in [0.2, 0.25) is 0 Å². The van der Waals surface area contributed by atoms with Crippen LogP contribution in [0.4, 0.5) is 0 Å². The molecule has 2 nitrogen and oxygen atoms in total. The van der Waals surface area contributed by atoms with Crippen LogP contribution in [0.5, 0.6) is 0 Å². The molecule has 2 aliphatic rings. The molecular formula is C13H20N2S. The lowest BCUT2D eigenvalue weighted by Gasteiger charge is -2.19. The summed E-state index contributed by atoms with van der Waals surface area (Å²) in [7, 11) is 0. The lowest BCUT2D eigenvalue weighted by Crippen LogP contribution is -2.07. The molecule has 0 aromatic carbocycles. The summed E-state index contributed by atoms with van der Waals surface area (Å²) < 4.78 is 0. The Bertz CT molecular complexity index is 335. The Morgan fingerprint density at radius 3 is 2.75 bits per heavy atom. The van der Waals surface area contributed by atoms with Gasteiger partial charge in [0, 0.05) is 23.5 Å². The minimum Gasteiger partial charge on any atom is -0.316 e. The number of rotatable bonds is 2. The summed E-state index contributed by atoms with van der Waals surface area (Å²) in [6.45, 7) is 2.31. The first kappa shape index (κ1) is 10.7. The Morgan fingerprint density at radius 2 is 2.00 bits per heavy atom. The van der Waals surface area contributed by atoms with E-state index in [-0.39, 0.29) is 0 Å². The van der Waals surface area contributed by atoms with Gasteiger partial charge in [0.15, 0.2) is 0 Å². The molecule has 1 saturated carbocycles. The molecule has 1 atom stereocenters. The van der Waals surface area contributed by atoms with Gasteiger partial charge in [-0.2, -0.15) is 0 Å². The molecule has 2 heterocycles. The zero-order valence-corrected chi connectivity index (χ0v) is 10.6. The van der Waals surface area contributed by atoms with Crippen LogP contribution in [0.2, 0.25) is 0 Å². The quantitative estimate of drug-likeness (QED) is 0.852. The van der Waals surface area contributed by atoms with Crippen molar-refractivity contribution in [2.24, 2.45) is 0 Å². The van der Waals surface area contributed by atoms with E-state index >= 15 is 0 Å². The predicted octanol–water partition coefficient (Wildman–Crippen LogP) is 3.27. The van der Waals surface area contributed by atoms with Crippen molar-refractivity contribution in [3.05, 3.63) is 16.1 Å². The molecule has 1 aliphatic heterocycles. The zero-order valence-electron chi connectivity index (χ0n) is 9.74. The molecule has 0 spiro atoms. The minimum atomic E-state index is 0.697. The number of thiazole rings is 1. The molecule has 1 aliphatic carbocycles.